The summed E-state index contributed by atoms with van der Waals surface area (Å²) in [6, 6.07) is 10.5. The maximum absolute atomic E-state index is 12.4. The summed E-state index contributed by atoms with van der Waals surface area (Å²) in [4.78, 5) is 16.0. The molecule has 1 N–H and O–H groups in total. The molecular formula is C18H23N3O3S. The van der Waals surface area contributed by atoms with E-state index < -0.39 is 15.9 Å². The molecule has 134 valence electrons. The molecule has 0 saturated heterocycles. The summed E-state index contributed by atoms with van der Waals surface area (Å²) in [6.07, 6.45) is 2.75. The van der Waals surface area contributed by atoms with Crippen molar-refractivity contribution in [1.82, 2.24) is 9.29 Å². The molecule has 0 aliphatic carbocycles. The monoisotopic (exact) mass is 361 g/mol. The molecule has 2 rings (SSSR count). The van der Waals surface area contributed by atoms with Crippen molar-refractivity contribution in [3.8, 4) is 0 Å². The second kappa shape index (κ2) is 7.33. The number of hydrogen-bond donors (Lipinski definition) is 1. The zero-order valence-corrected chi connectivity index (χ0v) is 15.7. The SMILES string of the molecule is CN(CC(=O)Nc1ccc(C(C)(C)C)cc1)S(=O)(=O)c1cccnc1. The van der Waals surface area contributed by atoms with E-state index >= 15 is 0 Å². The van der Waals surface area contributed by atoms with E-state index in [9.17, 15) is 13.2 Å². The minimum atomic E-state index is -3.74. The fraction of sp³-hybridized carbons (Fsp3) is 0.333. The minimum Gasteiger partial charge on any atom is -0.325 e. The third kappa shape index (κ3) is 4.87. The third-order valence-corrected chi connectivity index (χ3v) is 5.53. The summed E-state index contributed by atoms with van der Waals surface area (Å²) in [6.45, 7) is 6.05. The highest BCUT2D eigenvalue weighted by molar-refractivity contribution is 7.89. The maximum atomic E-state index is 12.4. The van der Waals surface area contributed by atoms with Crippen molar-refractivity contribution in [1.29, 1.82) is 0 Å². The lowest BCUT2D eigenvalue weighted by Crippen LogP contribution is -2.35. The average Bonchev–Trinajstić information content (AvgIpc) is 2.55. The number of hydrogen-bond acceptors (Lipinski definition) is 4. The van der Waals surface area contributed by atoms with Crippen LogP contribution < -0.4 is 5.32 Å². The minimum absolute atomic E-state index is 0.0283. The fourth-order valence-electron chi connectivity index (χ4n) is 2.22. The second-order valence-electron chi connectivity index (χ2n) is 6.83. The van der Waals surface area contributed by atoms with E-state index in [0.29, 0.717) is 5.69 Å². The molecule has 0 radical (unpaired) electrons. The van der Waals surface area contributed by atoms with Gasteiger partial charge in [0.15, 0.2) is 0 Å². The van der Waals surface area contributed by atoms with Crippen molar-refractivity contribution >= 4 is 21.6 Å². The average molecular weight is 361 g/mol. The summed E-state index contributed by atoms with van der Waals surface area (Å²) in [5, 5.41) is 2.71. The molecule has 1 heterocycles. The Morgan fingerprint density at radius 1 is 1.16 bits per heavy atom. The van der Waals surface area contributed by atoms with Crippen molar-refractivity contribution in [2.24, 2.45) is 0 Å². The van der Waals surface area contributed by atoms with Crippen molar-refractivity contribution in [3.63, 3.8) is 0 Å². The summed E-state index contributed by atoms with van der Waals surface area (Å²) < 4.78 is 25.8. The van der Waals surface area contributed by atoms with E-state index in [0.717, 1.165) is 9.87 Å². The van der Waals surface area contributed by atoms with Gasteiger partial charge in [0.1, 0.15) is 4.90 Å². The lowest BCUT2D eigenvalue weighted by molar-refractivity contribution is -0.116. The highest BCUT2D eigenvalue weighted by atomic mass is 32.2. The van der Waals surface area contributed by atoms with E-state index in [2.05, 4.69) is 31.1 Å². The number of likely N-dealkylation sites (N-methyl/N-ethyl adjacent to an activating group) is 1. The van der Waals surface area contributed by atoms with Gasteiger partial charge in [-0.25, -0.2) is 8.42 Å². The van der Waals surface area contributed by atoms with Gasteiger partial charge in [-0.15, -0.1) is 0 Å². The lowest BCUT2D eigenvalue weighted by atomic mass is 9.87. The second-order valence-corrected chi connectivity index (χ2v) is 8.87. The van der Waals surface area contributed by atoms with Crippen LogP contribution in [0.2, 0.25) is 0 Å². The van der Waals surface area contributed by atoms with Crippen LogP contribution in [0.4, 0.5) is 5.69 Å². The van der Waals surface area contributed by atoms with Gasteiger partial charge in [-0.2, -0.15) is 4.31 Å². The molecular weight excluding hydrogens is 338 g/mol. The summed E-state index contributed by atoms with van der Waals surface area (Å²) in [5.74, 6) is -0.404. The molecule has 2 aromatic rings. The molecule has 0 aliphatic heterocycles. The van der Waals surface area contributed by atoms with Gasteiger partial charge in [-0.05, 0) is 35.2 Å². The molecule has 0 bridgehead atoms. The molecule has 0 fully saturated rings. The maximum Gasteiger partial charge on any atom is 0.244 e. The predicted octanol–water partition coefficient (Wildman–Crippen LogP) is 2.64. The molecule has 0 saturated carbocycles. The summed E-state index contributed by atoms with van der Waals surface area (Å²) >= 11 is 0. The Morgan fingerprint density at radius 3 is 2.32 bits per heavy atom. The topological polar surface area (TPSA) is 79.4 Å². The van der Waals surface area contributed by atoms with Gasteiger partial charge in [0.05, 0.1) is 6.54 Å². The van der Waals surface area contributed by atoms with Crippen LogP contribution >= 0.6 is 0 Å². The number of nitrogens with one attached hydrogen (secondary N) is 1. The van der Waals surface area contributed by atoms with Crippen molar-refractivity contribution in [3.05, 3.63) is 54.4 Å². The molecule has 25 heavy (non-hydrogen) atoms. The molecule has 1 amide bonds. The predicted molar refractivity (Wildman–Crippen MR) is 97.8 cm³/mol. The van der Waals surface area contributed by atoms with Crippen LogP contribution in [-0.4, -0.2) is 37.2 Å². The van der Waals surface area contributed by atoms with Gasteiger partial charge in [-0.3, -0.25) is 9.78 Å². The van der Waals surface area contributed by atoms with Crippen LogP contribution in [0, 0.1) is 0 Å². The summed E-state index contributed by atoms with van der Waals surface area (Å²) in [7, 11) is -2.38. The number of carbonyl (C=O) groups excluding carboxylic acids is 1. The molecule has 1 aromatic heterocycles. The molecule has 6 nitrogen and oxygen atoms in total. The first-order valence-corrected chi connectivity index (χ1v) is 9.31. The first-order valence-electron chi connectivity index (χ1n) is 7.87. The van der Waals surface area contributed by atoms with Crippen LogP contribution in [0.25, 0.3) is 0 Å². The van der Waals surface area contributed by atoms with Crippen LogP contribution in [0.15, 0.2) is 53.7 Å². The highest BCUT2D eigenvalue weighted by Gasteiger charge is 2.23. The zero-order valence-electron chi connectivity index (χ0n) is 14.9. The molecule has 0 aliphatic rings. The van der Waals surface area contributed by atoms with Crippen molar-refractivity contribution in [2.45, 2.75) is 31.1 Å². The molecule has 1 aromatic carbocycles. The third-order valence-electron chi connectivity index (χ3n) is 3.74. The molecule has 0 spiro atoms. The number of carbonyl (C=O) groups is 1. The summed E-state index contributed by atoms with van der Waals surface area (Å²) in [5.41, 5.74) is 1.81. The van der Waals surface area contributed by atoms with E-state index in [1.165, 1.54) is 31.6 Å². The Labute approximate surface area is 148 Å². The Balaban J connectivity index is 2.02. The van der Waals surface area contributed by atoms with Gasteiger partial charge in [0.25, 0.3) is 0 Å². The Morgan fingerprint density at radius 2 is 1.80 bits per heavy atom. The number of benzene rings is 1. The number of pyridine rings is 1. The molecule has 0 atom stereocenters. The van der Waals surface area contributed by atoms with Gasteiger partial charge in [0.2, 0.25) is 15.9 Å². The Hall–Kier alpha value is -2.25. The van der Waals surface area contributed by atoms with Gasteiger partial charge < -0.3 is 5.32 Å². The van der Waals surface area contributed by atoms with Crippen LogP contribution in [0.3, 0.4) is 0 Å². The van der Waals surface area contributed by atoms with E-state index in [1.54, 1.807) is 0 Å². The first kappa shape index (κ1) is 19.1. The van der Waals surface area contributed by atoms with Crippen LogP contribution in [-0.2, 0) is 20.2 Å². The van der Waals surface area contributed by atoms with Crippen LogP contribution in [0.1, 0.15) is 26.3 Å². The molecule has 0 unspecified atom stereocenters. The fourth-order valence-corrected chi connectivity index (χ4v) is 3.31. The largest absolute Gasteiger partial charge is 0.325 e. The van der Waals surface area contributed by atoms with E-state index in [-0.39, 0.29) is 16.9 Å². The van der Waals surface area contributed by atoms with Gasteiger partial charge in [0, 0.05) is 25.1 Å². The van der Waals surface area contributed by atoms with Gasteiger partial charge in [-0.1, -0.05) is 32.9 Å². The standard InChI is InChI=1S/C18H23N3O3S/c1-18(2,3)14-7-9-15(10-8-14)20-17(22)13-21(4)25(23,24)16-6-5-11-19-12-16/h5-12H,13H2,1-4H3,(H,20,22). The quantitative estimate of drug-likeness (QED) is 0.888. The normalized spacial score (nSPS) is 12.2. The number of anilines is 1. The van der Waals surface area contributed by atoms with Crippen LogP contribution in [0.5, 0.6) is 0 Å². The Bertz CT molecular complexity index is 826. The lowest BCUT2D eigenvalue weighted by Gasteiger charge is -2.19. The number of nitrogens with zero attached hydrogens (tertiary/aromatic N) is 2. The van der Waals surface area contributed by atoms with Crippen molar-refractivity contribution in [2.75, 3.05) is 18.9 Å². The first-order chi connectivity index (χ1) is 11.6. The zero-order chi connectivity index (χ0) is 18.7. The van der Waals surface area contributed by atoms with Crippen molar-refractivity contribution < 1.29 is 13.2 Å². The smallest absolute Gasteiger partial charge is 0.244 e. The number of aromatic nitrogens is 1. The number of amides is 1. The number of rotatable bonds is 5. The highest BCUT2D eigenvalue weighted by Crippen LogP contribution is 2.23. The molecule has 7 heteroatoms. The number of sulfonamides is 1. The van der Waals surface area contributed by atoms with E-state index in [4.69, 9.17) is 0 Å². The van der Waals surface area contributed by atoms with E-state index in [1.807, 2.05) is 24.3 Å². The Kier molecular flexibility index (Phi) is 5.59. The van der Waals surface area contributed by atoms with Gasteiger partial charge >= 0.3 is 0 Å².